The van der Waals surface area contributed by atoms with Crippen molar-refractivity contribution < 1.29 is 9.90 Å². The Morgan fingerprint density at radius 3 is 2.56 bits per heavy atom. The summed E-state index contributed by atoms with van der Waals surface area (Å²) in [5.41, 5.74) is 2.26. The molecule has 0 bridgehead atoms. The van der Waals surface area contributed by atoms with Gasteiger partial charge in [-0.2, -0.15) is 0 Å². The number of hydrogen-bond acceptors (Lipinski definition) is 3. The number of phenols is 1. The van der Waals surface area contributed by atoms with E-state index in [0.29, 0.717) is 5.69 Å². The van der Waals surface area contributed by atoms with E-state index in [1.165, 1.54) is 6.92 Å². The zero-order valence-corrected chi connectivity index (χ0v) is 10.2. The van der Waals surface area contributed by atoms with Gasteiger partial charge in [0.2, 0.25) is 5.91 Å². The minimum absolute atomic E-state index is 0.137. The second-order valence-corrected chi connectivity index (χ2v) is 4.02. The lowest BCUT2D eigenvalue weighted by atomic mass is 10.1. The number of thiocarbonyl (C=S) groups is 1. The van der Waals surface area contributed by atoms with Gasteiger partial charge in [-0.15, -0.1) is 0 Å². The molecule has 0 unspecified atom stereocenters. The first kappa shape index (κ1) is 12.4. The molecule has 0 spiro atoms. The Morgan fingerprint density at radius 2 is 2.00 bits per heavy atom. The predicted molar refractivity (Wildman–Crippen MR) is 67.6 cm³/mol. The van der Waals surface area contributed by atoms with Crippen molar-refractivity contribution in [1.82, 2.24) is 5.32 Å². The molecule has 0 atom stereocenters. The first-order valence-corrected chi connectivity index (χ1v) is 5.19. The lowest BCUT2D eigenvalue weighted by Gasteiger charge is -2.12. The lowest BCUT2D eigenvalue weighted by molar-refractivity contribution is -0.117. The molecule has 1 aromatic carbocycles. The summed E-state index contributed by atoms with van der Waals surface area (Å²) in [5, 5.41) is 15.1. The van der Waals surface area contributed by atoms with E-state index < -0.39 is 0 Å². The Hall–Kier alpha value is -1.62. The fourth-order valence-electron chi connectivity index (χ4n) is 1.37. The summed E-state index contributed by atoms with van der Waals surface area (Å²) in [4.78, 5) is 10.8. The van der Waals surface area contributed by atoms with Gasteiger partial charge >= 0.3 is 0 Å². The normalized spacial score (nSPS) is 9.69. The van der Waals surface area contributed by atoms with Crippen LogP contribution >= 0.6 is 12.2 Å². The van der Waals surface area contributed by atoms with E-state index in [9.17, 15) is 9.90 Å². The van der Waals surface area contributed by atoms with E-state index in [4.69, 9.17) is 12.2 Å². The van der Waals surface area contributed by atoms with Gasteiger partial charge in [-0.25, -0.2) is 0 Å². The standard InChI is InChI=1S/C11H14N2O2S/c1-6-4-7(2)10(15)9(5-6)13-11(16)12-8(3)14/h4-5,15H,1-3H3,(H2,12,13,14,16). The summed E-state index contributed by atoms with van der Waals surface area (Å²) in [6.07, 6.45) is 0. The molecule has 16 heavy (non-hydrogen) atoms. The summed E-state index contributed by atoms with van der Waals surface area (Å²) < 4.78 is 0. The van der Waals surface area contributed by atoms with Crippen LogP contribution in [-0.4, -0.2) is 16.1 Å². The molecule has 1 amide bonds. The van der Waals surface area contributed by atoms with Gasteiger partial charge in [0.15, 0.2) is 5.11 Å². The van der Waals surface area contributed by atoms with Crippen molar-refractivity contribution in [3.8, 4) is 5.75 Å². The number of hydrogen-bond donors (Lipinski definition) is 3. The average Bonchev–Trinajstić information content (AvgIpc) is 2.11. The van der Waals surface area contributed by atoms with Crippen molar-refractivity contribution >= 4 is 28.9 Å². The summed E-state index contributed by atoms with van der Waals surface area (Å²) in [6, 6.07) is 3.62. The Morgan fingerprint density at radius 1 is 1.38 bits per heavy atom. The number of amides is 1. The average molecular weight is 238 g/mol. The van der Waals surface area contributed by atoms with Gasteiger partial charge in [0.05, 0.1) is 5.69 Å². The Kier molecular flexibility index (Phi) is 3.84. The number of aryl methyl sites for hydroxylation is 2. The topological polar surface area (TPSA) is 61.4 Å². The fraction of sp³-hybridized carbons (Fsp3) is 0.273. The highest BCUT2D eigenvalue weighted by molar-refractivity contribution is 7.80. The van der Waals surface area contributed by atoms with Crippen LogP contribution in [-0.2, 0) is 4.79 Å². The highest BCUT2D eigenvalue weighted by atomic mass is 32.1. The molecule has 0 saturated heterocycles. The van der Waals surface area contributed by atoms with Crippen molar-refractivity contribution in [2.75, 3.05) is 5.32 Å². The molecule has 5 heteroatoms. The number of benzene rings is 1. The van der Waals surface area contributed by atoms with Gasteiger partial charge in [-0.1, -0.05) is 6.07 Å². The van der Waals surface area contributed by atoms with Crippen molar-refractivity contribution in [2.24, 2.45) is 0 Å². The first-order valence-electron chi connectivity index (χ1n) is 4.79. The van der Waals surface area contributed by atoms with Crippen LogP contribution in [0.25, 0.3) is 0 Å². The number of aromatic hydroxyl groups is 1. The molecule has 1 rings (SSSR count). The number of phenolic OH excluding ortho intramolecular Hbond substituents is 1. The third-order valence-electron chi connectivity index (χ3n) is 1.98. The molecule has 1 aromatic rings. The monoisotopic (exact) mass is 238 g/mol. The fourth-order valence-corrected chi connectivity index (χ4v) is 1.62. The van der Waals surface area contributed by atoms with E-state index in [0.717, 1.165) is 11.1 Å². The van der Waals surface area contributed by atoms with Gasteiger partial charge in [0.25, 0.3) is 0 Å². The molecule has 0 aliphatic carbocycles. The minimum atomic E-state index is -0.249. The second kappa shape index (κ2) is 4.94. The molecular formula is C11H14N2O2S. The van der Waals surface area contributed by atoms with Crippen LogP contribution in [0, 0.1) is 13.8 Å². The van der Waals surface area contributed by atoms with Crippen molar-refractivity contribution in [1.29, 1.82) is 0 Å². The van der Waals surface area contributed by atoms with E-state index in [1.54, 1.807) is 13.0 Å². The van der Waals surface area contributed by atoms with Crippen LogP contribution in [0.2, 0.25) is 0 Å². The van der Waals surface area contributed by atoms with Gasteiger partial charge in [-0.3, -0.25) is 4.79 Å². The molecule has 0 aromatic heterocycles. The van der Waals surface area contributed by atoms with Crippen LogP contribution in [0.4, 0.5) is 5.69 Å². The van der Waals surface area contributed by atoms with E-state index in [-0.39, 0.29) is 16.8 Å². The predicted octanol–water partition coefficient (Wildman–Crippen LogP) is 1.84. The van der Waals surface area contributed by atoms with Crippen LogP contribution in [0.1, 0.15) is 18.1 Å². The van der Waals surface area contributed by atoms with Gasteiger partial charge < -0.3 is 15.7 Å². The SMILES string of the molecule is CC(=O)NC(=S)Nc1cc(C)cc(C)c1O. The summed E-state index contributed by atoms with van der Waals surface area (Å²) >= 11 is 4.90. The minimum Gasteiger partial charge on any atom is -0.505 e. The Labute approximate surface area is 99.7 Å². The zero-order chi connectivity index (χ0) is 12.3. The molecule has 4 nitrogen and oxygen atoms in total. The number of rotatable bonds is 1. The first-order chi connectivity index (χ1) is 7.40. The Balaban J connectivity index is 2.89. The number of nitrogens with one attached hydrogen (secondary N) is 2. The molecule has 3 N–H and O–H groups in total. The molecule has 0 aliphatic rings. The number of anilines is 1. The molecule has 0 aliphatic heterocycles. The Bertz CT molecular complexity index is 444. The number of carbonyl (C=O) groups excluding carboxylic acids is 1. The zero-order valence-electron chi connectivity index (χ0n) is 9.42. The quantitative estimate of drug-likeness (QED) is 0.516. The molecular weight excluding hydrogens is 224 g/mol. The molecule has 0 radical (unpaired) electrons. The molecule has 86 valence electrons. The maximum absolute atomic E-state index is 10.8. The largest absolute Gasteiger partial charge is 0.505 e. The summed E-state index contributed by atoms with van der Waals surface area (Å²) in [7, 11) is 0. The van der Waals surface area contributed by atoms with E-state index in [1.807, 2.05) is 13.0 Å². The molecule has 0 saturated carbocycles. The second-order valence-electron chi connectivity index (χ2n) is 3.61. The molecule has 0 fully saturated rings. The smallest absolute Gasteiger partial charge is 0.222 e. The van der Waals surface area contributed by atoms with E-state index in [2.05, 4.69) is 10.6 Å². The van der Waals surface area contributed by atoms with Gasteiger partial charge in [0.1, 0.15) is 5.75 Å². The van der Waals surface area contributed by atoms with Crippen LogP contribution in [0.5, 0.6) is 5.75 Å². The molecule has 0 heterocycles. The van der Waals surface area contributed by atoms with Gasteiger partial charge in [0, 0.05) is 6.92 Å². The third-order valence-corrected chi connectivity index (χ3v) is 2.19. The van der Waals surface area contributed by atoms with Crippen LogP contribution in [0.3, 0.4) is 0 Å². The van der Waals surface area contributed by atoms with Crippen molar-refractivity contribution in [3.05, 3.63) is 23.3 Å². The lowest BCUT2D eigenvalue weighted by Crippen LogP contribution is -2.32. The van der Waals surface area contributed by atoms with Gasteiger partial charge in [-0.05, 0) is 43.3 Å². The summed E-state index contributed by atoms with van der Waals surface area (Å²) in [6.45, 7) is 5.09. The summed E-state index contributed by atoms with van der Waals surface area (Å²) in [5.74, 6) is -0.111. The maximum atomic E-state index is 10.8. The highest BCUT2D eigenvalue weighted by Crippen LogP contribution is 2.28. The van der Waals surface area contributed by atoms with Crippen molar-refractivity contribution in [3.63, 3.8) is 0 Å². The van der Waals surface area contributed by atoms with E-state index >= 15 is 0 Å². The third kappa shape index (κ3) is 3.20. The number of carbonyl (C=O) groups is 1. The highest BCUT2D eigenvalue weighted by Gasteiger charge is 2.07. The van der Waals surface area contributed by atoms with Crippen molar-refractivity contribution in [2.45, 2.75) is 20.8 Å². The van der Waals surface area contributed by atoms with Crippen LogP contribution < -0.4 is 10.6 Å². The maximum Gasteiger partial charge on any atom is 0.222 e. The van der Waals surface area contributed by atoms with Crippen LogP contribution in [0.15, 0.2) is 12.1 Å².